The summed E-state index contributed by atoms with van der Waals surface area (Å²) in [6.07, 6.45) is 7.46. The average Bonchev–Trinajstić information content (AvgIpc) is 2.89. The number of anilines is 1. The van der Waals surface area contributed by atoms with Gasteiger partial charge in [0.25, 0.3) is 0 Å². The molecule has 0 amide bonds. The van der Waals surface area contributed by atoms with Crippen molar-refractivity contribution in [2.45, 2.75) is 51.7 Å². The monoisotopic (exact) mass is 461 g/mol. The second-order valence-electron chi connectivity index (χ2n) is 9.54. The van der Waals surface area contributed by atoms with E-state index in [0.717, 1.165) is 85.7 Å². The Morgan fingerprint density at radius 3 is 2.56 bits per heavy atom. The predicted molar refractivity (Wildman–Crippen MR) is 134 cm³/mol. The van der Waals surface area contributed by atoms with Gasteiger partial charge < -0.3 is 19.6 Å². The molecule has 0 saturated carbocycles. The van der Waals surface area contributed by atoms with E-state index in [2.05, 4.69) is 21.7 Å². The van der Waals surface area contributed by atoms with Gasteiger partial charge in [0.1, 0.15) is 5.75 Å². The third kappa shape index (κ3) is 4.86. The number of piperidine rings is 2. The lowest BCUT2D eigenvalue weighted by atomic mass is 9.87. The number of likely N-dealkylation sites (tertiary alicyclic amines) is 1. The Balaban J connectivity index is 1.17. The topological polar surface area (TPSA) is 74.6 Å². The van der Waals surface area contributed by atoms with Gasteiger partial charge in [0, 0.05) is 36.9 Å². The largest absolute Gasteiger partial charge is 0.494 e. The van der Waals surface area contributed by atoms with E-state index >= 15 is 0 Å². The van der Waals surface area contributed by atoms with Crippen LogP contribution in [0.25, 0.3) is 10.9 Å². The SMILES string of the molecule is CCOc1ccc2nc(N3CCC(N4CCC([C@H](O)c5cccnc5)CC4)CC3)nc(C)c2c1. The molecule has 1 atom stereocenters. The van der Waals surface area contributed by atoms with E-state index in [9.17, 15) is 5.11 Å². The normalized spacial score (nSPS) is 19.4. The molecule has 2 saturated heterocycles. The van der Waals surface area contributed by atoms with Crippen molar-refractivity contribution in [1.29, 1.82) is 0 Å². The van der Waals surface area contributed by atoms with E-state index < -0.39 is 6.10 Å². The summed E-state index contributed by atoms with van der Waals surface area (Å²) in [7, 11) is 0. The van der Waals surface area contributed by atoms with Crippen molar-refractivity contribution in [2.24, 2.45) is 5.92 Å². The van der Waals surface area contributed by atoms with Crippen LogP contribution in [0.1, 0.15) is 50.0 Å². The zero-order chi connectivity index (χ0) is 23.5. The Morgan fingerprint density at radius 2 is 1.85 bits per heavy atom. The molecule has 0 spiro atoms. The Hall–Kier alpha value is -2.77. The number of benzene rings is 1. The molecule has 1 aromatic carbocycles. The summed E-state index contributed by atoms with van der Waals surface area (Å²) in [5.74, 6) is 2.02. The lowest BCUT2D eigenvalue weighted by Crippen LogP contribution is -2.48. The average molecular weight is 462 g/mol. The number of aliphatic hydroxyl groups excluding tert-OH is 1. The third-order valence-electron chi connectivity index (χ3n) is 7.47. The summed E-state index contributed by atoms with van der Waals surface area (Å²) in [5, 5.41) is 11.8. The van der Waals surface area contributed by atoms with Gasteiger partial charge in [-0.1, -0.05) is 6.07 Å². The highest BCUT2D eigenvalue weighted by molar-refractivity contribution is 5.83. The minimum Gasteiger partial charge on any atom is -0.494 e. The highest BCUT2D eigenvalue weighted by Crippen LogP contribution is 2.33. The summed E-state index contributed by atoms with van der Waals surface area (Å²) in [4.78, 5) is 18.8. The first-order valence-corrected chi connectivity index (χ1v) is 12.6. The minimum absolute atomic E-state index is 0.317. The van der Waals surface area contributed by atoms with Crippen LogP contribution >= 0.6 is 0 Å². The number of hydrogen-bond acceptors (Lipinski definition) is 7. The molecule has 7 nitrogen and oxygen atoms in total. The Kier molecular flexibility index (Phi) is 6.92. The molecule has 34 heavy (non-hydrogen) atoms. The second-order valence-corrected chi connectivity index (χ2v) is 9.54. The van der Waals surface area contributed by atoms with Crippen molar-refractivity contribution in [2.75, 3.05) is 37.7 Å². The molecule has 0 aliphatic carbocycles. The molecule has 0 unspecified atom stereocenters. The maximum atomic E-state index is 10.8. The van der Waals surface area contributed by atoms with Crippen LogP contribution in [-0.2, 0) is 0 Å². The molecule has 5 rings (SSSR count). The number of nitrogens with zero attached hydrogens (tertiary/aromatic N) is 5. The van der Waals surface area contributed by atoms with Crippen LogP contribution in [0.5, 0.6) is 5.75 Å². The number of hydrogen-bond donors (Lipinski definition) is 1. The molecule has 3 aromatic rings. The predicted octanol–water partition coefficient (Wildman–Crippen LogP) is 4.15. The van der Waals surface area contributed by atoms with Crippen LogP contribution in [0, 0.1) is 12.8 Å². The van der Waals surface area contributed by atoms with Crippen LogP contribution in [-0.4, -0.2) is 63.8 Å². The number of pyridine rings is 1. The quantitative estimate of drug-likeness (QED) is 0.591. The van der Waals surface area contributed by atoms with Gasteiger partial charge >= 0.3 is 0 Å². The Morgan fingerprint density at radius 1 is 1.06 bits per heavy atom. The smallest absolute Gasteiger partial charge is 0.226 e. The summed E-state index contributed by atoms with van der Waals surface area (Å²) in [5.41, 5.74) is 2.91. The van der Waals surface area contributed by atoms with Gasteiger partial charge in [-0.15, -0.1) is 0 Å². The number of aliphatic hydroxyl groups is 1. The molecular weight excluding hydrogens is 426 g/mol. The molecule has 180 valence electrons. The summed E-state index contributed by atoms with van der Waals surface area (Å²) >= 11 is 0. The number of aryl methyl sites for hydroxylation is 1. The first kappa shape index (κ1) is 23.0. The molecule has 2 aliphatic heterocycles. The van der Waals surface area contributed by atoms with Crippen LogP contribution in [0.15, 0.2) is 42.7 Å². The van der Waals surface area contributed by atoms with Crippen molar-refractivity contribution in [3.63, 3.8) is 0 Å². The fraction of sp³-hybridized carbons (Fsp3) is 0.519. The Bertz CT molecular complexity index is 1090. The molecule has 0 bridgehead atoms. The van der Waals surface area contributed by atoms with E-state index in [1.54, 1.807) is 12.4 Å². The maximum Gasteiger partial charge on any atom is 0.226 e. The van der Waals surface area contributed by atoms with E-state index in [0.29, 0.717) is 18.6 Å². The zero-order valence-corrected chi connectivity index (χ0v) is 20.2. The van der Waals surface area contributed by atoms with E-state index in [1.807, 2.05) is 37.3 Å². The molecule has 7 heteroatoms. The lowest BCUT2D eigenvalue weighted by Gasteiger charge is -2.42. The van der Waals surface area contributed by atoms with E-state index in [-0.39, 0.29) is 0 Å². The lowest BCUT2D eigenvalue weighted by molar-refractivity contribution is 0.0402. The fourth-order valence-electron chi connectivity index (χ4n) is 5.50. The Labute approximate surface area is 201 Å². The third-order valence-corrected chi connectivity index (χ3v) is 7.47. The van der Waals surface area contributed by atoms with Crippen LogP contribution < -0.4 is 9.64 Å². The van der Waals surface area contributed by atoms with Gasteiger partial charge in [0.2, 0.25) is 5.95 Å². The minimum atomic E-state index is -0.407. The molecule has 0 radical (unpaired) electrons. The van der Waals surface area contributed by atoms with Gasteiger partial charge in [-0.3, -0.25) is 4.98 Å². The van der Waals surface area contributed by atoms with Gasteiger partial charge in [0.05, 0.1) is 23.9 Å². The highest BCUT2D eigenvalue weighted by Gasteiger charge is 2.31. The number of ether oxygens (including phenoxy) is 1. The van der Waals surface area contributed by atoms with Gasteiger partial charge in [-0.05, 0) is 88.4 Å². The first-order chi connectivity index (χ1) is 16.6. The molecular formula is C27H35N5O2. The molecule has 2 aliphatic rings. The number of fused-ring (bicyclic) bond motifs is 1. The molecule has 1 N–H and O–H groups in total. The first-order valence-electron chi connectivity index (χ1n) is 12.6. The van der Waals surface area contributed by atoms with Crippen molar-refractivity contribution in [3.05, 3.63) is 54.0 Å². The molecule has 4 heterocycles. The van der Waals surface area contributed by atoms with Gasteiger partial charge in [0.15, 0.2) is 0 Å². The summed E-state index contributed by atoms with van der Waals surface area (Å²) < 4.78 is 5.64. The second kappa shape index (κ2) is 10.2. The van der Waals surface area contributed by atoms with Gasteiger partial charge in [-0.2, -0.15) is 0 Å². The van der Waals surface area contributed by atoms with Crippen molar-refractivity contribution in [1.82, 2.24) is 19.9 Å². The van der Waals surface area contributed by atoms with E-state index in [4.69, 9.17) is 14.7 Å². The van der Waals surface area contributed by atoms with E-state index in [1.165, 1.54) is 0 Å². The van der Waals surface area contributed by atoms with Crippen molar-refractivity contribution in [3.8, 4) is 5.75 Å². The summed E-state index contributed by atoms with van der Waals surface area (Å²) in [6.45, 7) is 8.77. The van der Waals surface area contributed by atoms with Crippen LogP contribution in [0.3, 0.4) is 0 Å². The van der Waals surface area contributed by atoms with Crippen LogP contribution in [0.2, 0.25) is 0 Å². The number of aromatic nitrogens is 3. The maximum absolute atomic E-state index is 10.8. The standard InChI is InChI=1S/C27H35N5O2/c1-3-34-23-6-7-25-24(17-23)19(2)29-27(30-25)32-15-10-22(11-16-32)31-13-8-20(9-14-31)26(33)21-5-4-12-28-18-21/h4-7,12,17-18,20,22,26,33H,3,8-11,13-16H2,1-2H3/t26-/m0/s1. The van der Waals surface area contributed by atoms with Crippen LogP contribution in [0.4, 0.5) is 5.95 Å². The fourth-order valence-corrected chi connectivity index (χ4v) is 5.50. The number of rotatable bonds is 6. The van der Waals surface area contributed by atoms with Gasteiger partial charge in [-0.25, -0.2) is 9.97 Å². The molecule has 2 fully saturated rings. The summed E-state index contributed by atoms with van der Waals surface area (Å²) in [6, 6.07) is 10.6. The highest BCUT2D eigenvalue weighted by atomic mass is 16.5. The molecule has 2 aromatic heterocycles. The van der Waals surface area contributed by atoms with Crippen molar-refractivity contribution < 1.29 is 9.84 Å². The van der Waals surface area contributed by atoms with Crippen molar-refractivity contribution >= 4 is 16.9 Å². The zero-order valence-electron chi connectivity index (χ0n) is 20.2.